The van der Waals surface area contributed by atoms with Crippen molar-refractivity contribution in [3.63, 3.8) is 0 Å². The lowest BCUT2D eigenvalue weighted by Crippen LogP contribution is -2.22. The van der Waals surface area contributed by atoms with Gasteiger partial charge in [-0.25, -0.2) is 0 Å². The van der Waals surface area contributed by atoms with Gasteiger partial charge in [-0.2, -0.15) is 5.10 Å². The molecule has 0 amide bonds. The van der Waals surface area contributed by atoms with Gasteiger partial charge in [-0.3, -0.25) is 4.68 Å². The monoisotopic (exact) mass is 304 g/mol. The van der Waals surface area contributed by atoms with Gasteiger partial charge in [-0.05, 0) is 48.0 Å². The second-order valence-electron chi connectivity index (χ2n) is 4.73. The van der Waals surface area contributed by atoms with E-state index in [0.29, 0.717) is 11.3 Å². The van der Waals surface area contributed by atoms with Gasteiger partial charge in [0.25, 0.3) is 0 Å². The first-order valence-electron chi connectivity index (χ1n) is 5.91. The SMILES string of the molecule is Cc1nn(C)c(CC2CCCCC2Cl)c1Br. The van der Waals surface area contributed by atoms with Crippen LogP contribution in [0.3, 0.4) is 0 Å². The van der Waals surface area contributed by atoms with Crippen LogP contribution in [0.15, 0.2) is 4.47 Å². The van der Waals surface area contributed by atoms with E-state index in [1.165, 1.54) is 31.4 Å². The van der Waals surface area contributed by atoms with Gasteiger partial charge >= 0.3 is 0 Å². The van der Waals surface area contributed by atoms with E-state index < -0.39 is 0 Å². The molecule has 0 aliphatic heterocycles. The highest BCUT2D eigenvalue weighted by Crippen LogP contribution is 2.33. The lowest BCUT2D eigenvalue weighted by atomic mass is 9.85. The standard InChI is InChI=1S/C12H18BrClN2/c1-8-12(13)11(16(2)15-8)7-9-5-3-4-6-10(9)14/h9-10H,3-7H2,1-2H3. The van der Waals surface area contributed by atoms with Gasteiger partial charge in [-0.1, -0.05) is 12.8 Å². The Kier molecular flexibility index (Phi) is 3.96. The number of hydrogen-bond acceptors (Lipinski definition) is 1. The minimum absolute atomic E-state index is 0.343. The maximum atomic E-state index is 6.40. The summed E-state index contributed by atoms with van der Waals surface area (Å²) in [6.07, 6.45) is 6.08. The molecular formula is C12H18BrClN2. The van der Waals surface area contributed by atoms with E-state index in [9.17, 15) is 0 Å². The van der Waals surface area contributed by atoms with Crippen LogP contribution in [-0.4, -0.2) is 15.2 Å². The number of nitrogens with zero attached hydrogens (tertiary/aromatic N) is 2. The molecule has 1 saturated carbocycles. The van der Waals surface area contributed by atoms with Crippen molar-refractivity contribution >= 4 is 27.5 Å². The van der Waals surface area contributed by atoms with Crippen LogP contribution in [0, 0.1) is 12.8 Å². The zero-order valence-electron chi connectivity index (χ0n) is 9.84. The van der Waals surface area contributed by atoms with Gasteiger partial charge < -0.3 is 0 Å². The van der Waals surface area contributed by atoms with Gasteiger partial charge in [-0.15, -0.1) is 11.6 Å². The van der Waals surface area contributed by atoms with E-state index in [0.717, 1.165) is 16.6 Å². The normalized spacial score (nSPS) is 26.0. The van der Waals surface area contributed by atoms with Gasteiger partial charge in [0.15, 0.2) is 0 Å². The zero-order chi connectivity index (χ0) is 11.7. The summed E-state index contributed by atoms with van der Waals surface area (Å²) in [6.45, 7) is 2.03. The Morgan fingerprint density at radius 3 is 2.69 bits per heavy atom. The number of aryl methyl sites for hydroxylation is 2. The third-order valence-corrected chi connectivity index (χ3v) is 5.14. The minimum atomic E-state index is 0.343. The van der Waals surface area contributed by atoms with Crippen molar-refractivity contribution in [2.24, 2.45) is 13.0 Å². The third-order valence-electron chi connectivity index (χ3n) is 3.53. The number of alkyl halides is 1. The summed E-state index contributed by atoms with van der Waals surface area (Å²) in [7, 11) is 2.01. The summed E-state index contributed by atoms with van der Waals surface area (Å²) in [6, 6.07) is 0. The largest absolute Gasteiger partial charge is 0.271 e. The summed E-state index contributed by atoms with van der Waals surface area (Å²) < 4.78 is 3.14. The van der Waals surface area contributed by atoms with Crippen LogP contribution in [0.2, 0.25) is 0 Å². The van der Waals surface area contributed by atoms with Crippen LogP contribution in [0.5, 0.6) is 0 Å². The summed E-state index contributed by atoms with van der Waals surface area (Å²) in [5, 5.41) is 4.77. The Morgan fingerprint density at radius 2 is 2.12 bits per heavy atom. The Balaban J connectivity index is 2.13. The first-order valence-corrected chi connectivity index (χ1v) is 7.14. The first kappa shape index (κ1) is 12.4. The molecule has 1 heterocycles. The molecule has 1 aromatic rings. The van der Waals surface area contributed by atoms with E-state index in [2.05, 4.69) is 21.0 Å². The Bertz CT molecular complexity index is 375. The van der Waals surface area contributed by atoms with Crippen LogP contribution in [0.1, 0.15) is 37.1 Å². The van der Waals surface area contributed by atoms with Crippen molar-refractivity contribution in [1.29, 1.82) is 0 Å². The lowest BCUT2D eigenvalue weighted by Gasteiger charge is -2.27. The summed E-state index contributed by atoms with van der Waals surface area (Å²) in [4.78, 5) is 0. The quantitative estimate of drug-likeness (QED) is 0.759. The number of aromatic nitrogens is 2. The highest BCUT2D eigenvalue weighted by atomic mass is 79.9. The second-order valence-corrected chi connectivity index (χ2v) is 6.09. The average molecular weight is 306 g/mol. The molecule has 16 heavy (non-hydrogen) atoms. The van der Waals surface area contributed by atoms with Gasteiger partial charge in [0.2, 0.25) is 0 Å². The summed E-state index contributed by atoms with van der Waals surface area (Å²) in [5.41, 5.74) is 2.36. The van der Waals surface area contributed by atoms with Crippen LogP contribution < -0.4 is 0 Å². The van der Waals surface area contributed by atoms with Crippen LogP contribution in [0.25, 0.3) is 0 Å². The van der Waals surface area contributed by atoms with E-state index >= 15 is 0 Å². The van der Waals surface area contributed by atoms with Crippen molar-refractivity contribution in [2.45, 2.75) is 44.4 Å². The summed E-state index contributed by atoms with van der Waals surface area (Å²) in [5.74, 6) is 0.613. The van der Waals surface area contributed by atoms with E-state index in [-0.39, 0.29) is 0 Å². The molecule has 2 rings (SSSR count). The minimum Gasteiger partial charge on any atom is -0.271 e. The molecule has 0 spiro atoms. The Morgan fingerprint density at radius 1 is 1.44 bits per heavy atom. The van der Waals surface area contributed by atoms with Crippen LogP contribution >= 0.6 is 27.5 Å². The molecule has 1 aliphatic rings. The fourth-order valence-corrected chi connectivity index (χ4v) is 3.41. The maximum absolute atomic E-state index is 6.40. The molecule has 2 atom stereocenters. The molecule has 0 N–H and O–H groups in total. The molecule has 0 aromatic carbocycles. The van der Waals surface area contributed by atoms with Crippen molar-refractivity contribution < 1.29 is 0 Å². The predicted molar refractivity (Wildman–Crippen MR) is 70.9 cm³/mol. The zero-order valence-corrected chi connectivity index (χ0v) is 12.2. The third kappa shape index (κ3) is 2.45. The maximum Gasteiger partial charge on any atom is 0.0738 e. The lowest BCUT2D eigenvalue weighted by molar-refractivity contribution is 0.357. The molecule has 4 heteroatoms. The molecule has 1 aliphatic carbocycles. The molecule has 0 radical (unpaired) electrons. The topological polar surface area (TPSA) is 17.8 Å². The van der Waals surface area contributed by atoms with Gasteiger partial charge in [0.1, 0.15) is 0 Å². The molecule has 0 saturated heterocycles. The summed E-state index contributed by atoms with van der Waals surface area (Å²) >= 11 is 10.0. The number of hydrogen-bond donors (Lipinski definition) is 0. The highest BCUT2D eigenvalue weighted by Gasteiger charge is 2.25. The van der Waals surface area contributed by atoms with E-state index in [4.69, 9.17) is 11.6 Å². The highest BCUT2D eigenvalue weighted by molar-refractivity contribution is 9.10. The average Bonchev–Trinajstić information content (AvgIpc) is 2.48. The molecule has 0 bridgehead atoms. The first-order chi connectivity index (χ1) is 7.59. The molecule has 1 aromatic heterocycles. The molecule has 2 nitrogen and oxygen atoms in total. The van der Waals surface area contributed by atoms with E-state index in [1.54, 1.807) is 0 Å². The molecule has 1 fully saturated rings. The van der Waals surface area contributed by atoms with Crippen molar-refractivity contribution in [2.75, 3.05) is 0 Å². The Labute approximate surface area is 110 Å². The fourth-order valence-electron chi connectivity index (χ4n) is 2.54. The van der Waals surface area contributed by atoms with Crippen LogP contribution in [-0.2, 0) is 13.5 Å². The predicted octanol–water partition coefficient (Wildman–Crippen LogP) is 3.83. The number of halogens is 2. The van der Waals surface area contributed by atoms with Crippen molar-refractivity contribution in [1.82, 2.24) is 9.78 Å². The van der Waals surface area contributed by atoms with E-state index in [1.807, 2.05) is 18.7 Å². The second kappa shape index (κ2) is 5.09. The number of rotatable bonds is 2. The molecular weight excluding hydrogens is 288 g/mol. The molecule has 90 valence electrons. The van der Waals surface area contributed by atoms with Gasteiger partial charge in [0, 0.05) is 12.4 Å². The van der Waals surface area contributed by atoms with Crippen molar-refractivity contribution in [3.05, 3.63) is 15.9 Å². The Hall–Kier alpha value is -0.0200. The smallest absolute Gasteiger partial charge is 0.0738 e. The van der Waals surface area contributed by atoms with Crippen molar-refractivity contribution in [3.8, 4) is 0 Å². The van der Waals surface area contributed by atoms with Crippen LogP contribution in [0.4, 0.5) is 0 Å². The van der Waals surface area contributed by atoms with Gasteiger partial charge in [0.05, 0.1) is 15.9 Å². The molecule has 2 unspecified atom stereocenters. The fraction of sp³-hybridized carbons (Fsp3) is 0.750.